The summed E-state index contributed by atoms with van der Waals surface area (Å²) in [7, 11) is 0. The normalized spacial score (nSPS) is 14.3. The third-order valence-corrected chi connectivity index (χ3v) is 7.75. The van der Waals surface area contributed by atoms with E-state index in [2.05, 4.69) is 141 Å². The lowest BCUT2D eigenvalue weighted by Crippen LogP contribution is -1.95. The van der Waals surface area contributed by atoms with E-state index in [9.17, 15) is 0 Å². The lowest BCUT2D eigenvalue weighted by molar-refractivity contribution is 0.817. The summed E-state index contributed by atoms with van der Waals surface area (Å²) in [5.74, 6) is 0.472. The molecule has 4 aromatic carbocycles. The van der Waals surface area contributed by atoms with E-state index in [1.807, 2.05) is 0 Å². The molecule has 0 aliphatic heterocycles. The summed E-state index contributed by atoms with van der Waals surface area (Å²) in [6.07, 6.45) is 12.0. The molecule has 194 valence electrons. The molecule has 1 atom stereocenters. The minimum atomic E-state index is 0.472. The molecule has 39 heavy (non-hydrogen) atoms. The molecule has 5 rings (SSSR count). The van der Waals surface area contributed by atoms with Crippen LogP contribution in [-0.2, 0) is 19.3 Å². The highest BCUT2D eigenvalue weighted by Crippen LogP contribution is 2.29. The van der Waals surface area contributed by atoms with E-state index in [1.165, 1.54) is 55.7 Å². The van der Waals surface area contributed by atoms with Crippen molar-refractivity contribution in [1.29, 1.82) is 0 Å². The Morgan fingerprint density at radius 1 is 0.641 bits per heavy atom. The van der Waals surface area contributed by atoms with Gasteiger partial charge in [0.25, 0.3) is 0 Å². The molecule has 0 aromatic heterocycles. The Morgan fingerprint density at radius 3 is 1.85 bits per heavy atom. The predicted molar refractivity (Wildman–Crippen MR) is 170 cm³/mol. The van der Waals surface area contributed by atoms with Crippen LogP contribution in [-0.4, -0.2) is 0 Å². The van der Waals surface area contributed by atoms with E-state index >= 15 is 0 Å². The first-order valence-electron chi connectivity index (χ1n) is 14.1. The monoisotopic (exact) mass is 506 g/mol. The Balaban J connectivity index is 1.13. The molecule has 0 heteroatoms. The van der Waals surface area contributed by atoms with Gasteiger partial charge in [0.15, 0.2) is 0 Å². The summed E-state index contributed by atoms with van der Waals surface area (Å²) in [6.45, 7) is 10.9. The van der Waals surface area contributed by atoms with Crippen LogP contribution in [0.3, 0.4) is 0 Å². The Hall–Kier alpha value is -4.16. The molecule has 0 radical (unpaired) electrons. The van der Waals surface area contributed by atoms with Crippen molar-refractivity contribution in [3.63, 3.8) is 0 Å². The van der Waals surface area contributed by atoms with Crippen molar-refractivity contribution >= 4 is 16.7 Å². The van der Waals surface area contributed by atoms with Crippen LogP contribution in [0.5, 0.6) is 0 Å². The van der Waals surface area contributed by atoms with Crippen molar-refractivity contribution in [3.05, 3.63) is 173 Å². The summed E-state index contributed by atoms with van der Waals surface area (Å²) in [5, 5.41) is 0. The quantitative estimate of drug-likeness (QED) is 0.190. The summed E-state index contributed by atoms with van der Waals surface area (Å²) < 4.78 is 0. The molecule has 0 fully saturated rings. The van der Waals surface area contributed by atoms with Gasteiger partial charge in [-0.25, -0.2) is 0 Å². The molecule has 0 amide bonds. The minimum Gasteiger partial charge on any atom is -0.0952 e. The fraction of sp³-hybridized carbons (Fsp3) is 0.179. The SMILES string of the molecule is C=C(CCc1ccc(C)cc1)c1cccc(C(=C)CCc2ccc(C3=CC(Cc4ccccc4)C=C3)cc2)c1. The number of rotatable bonds is 11. The fourth-order valence-corrected chi connectivity index (χ4v) is 5.23. The highest BCUT2D eigenvalue weighted by molar-refractivity contribution is 5.77. The Labute approximate surface area is 234 Å². The number of benzene rings is 4. The van der Waals surface area contributed by atoms with Crippen LogP contribution in [0.4, 0.5) is 0 Å². The maximum atomic E-state index is 4.42. The van der Waals surface area contributed by atoms with Crippen LogP contribution in [0.1, 0.15) is 51.8 Å². The van der Waals surface area contributed by atoms with Gasteiger partial charge in [-0.3, -0.25) is 0 Å². The van der Waals surface area contributed by atoms with Crippen molar-refractivity contribution in [3.8, 4) is 0 Å². The Bertz CT molecular complexity index is 1480. The summed E-state index contributed by atoms with van der Waals surface area (Å²) in [6, 6.07) is 37.3. The second-order valence-electron chi connectivity index (χ2n) is 10.8. The van der Waals surface area contributed by atoms with E-state index in [0.717, 1.165) is 32.1 Å². The lowest BCUT2D eigenvalue weighted by atomic mass is 9.94. The number of allylic oxidation sites excluding steroid dienone is 6. The van der Waals surface area contributed by atoms with Gasteiger partial charge in [0.05, 0.1) is 0 Å². The highest BCUT2D eigenvalue weighted by atomic mass is 14.2. The fourth-order valence-electron chi connectivity index (χ4n) is 5.23. The van der Waals surface area contributed by atoms with Crippen molar-refractivity contribution in [1.82, 2.24) is 0 Å². The topological polar surface area (TPSA) is 0 Å². The average molecular weight is 507 g/mol. The Morgan fingerprint density at radius 2 is 1.23 bits per heavy atom. The van der Waals surface area contributed by atoms with Crippen molar-refractivity contribution in [2.45, 2.75) is 39.0 Å². The van der Waals surface area contributed by atoms with Gasteiger partial charge in [-0.2, -0.15) is 0 Å². The molecule has 1 aliphatic rings. The van der Waals surface area contributed by atoms with Crippen LogP contribution in [0, 0.1) is 12.8 Å². The van der Waals surface area contributed by atoms with E-state index in [1.54, 1.807) is 0 Å². The molecule has 0 bridgehead atoms. The summed E-state index contributed by atoms with van der Waals surface area (Å²) >= 11 is 0. The number of hydrogen-bond acceptors (Lipinski definition) is 0. The zero-order valence-corrected chi connectivity index (χ0v) is 23.1. The summed E-state index contributed by atoms with van der Waals surface area (Å²) in [5.41, 5.74) is 12.8. The highest BCUT2D eigenvalue weighted by Gasteiger charge is 2.12. The first-order valence-corrected chi connectivity index (χ1v) is 14.1. The molecule has 0 saturated heterocycles. The van der Waals surface area contributed by atoms with Gasteiger partial charge < -0.3 is 0 Å². The zero-order chi connectivity index (χ0) is 27.0. The molecule has 0 N–H and O–H groups in total. The van der Waals surface area contributed by atoms with Crippen molar-refractivity contribution in [2.24, 2.45) is 5.92 Å². The predicted octanol–water partition coefficient (Wildman–Crippen LogP) is 10.1. The van der Waals surface area contributed by atoms with Gasteiger partial charge in [-0.05, 0) is 101 Å². The van der Waals surface area contributed by atoms with Crippen LogP contribution < -0.4 is 0 Å². The van der Waals surface area contributed by atoms with Crippen molar-refractivity contribution in [2.75, 3.05) is 0 Å². The van der Waals surface area contributed by atoms with Crippen LogP contribution in [0.25, 0.3) is 16.7 Å². The maximum absolute atomic E-state index is 4.42. The molecular formula is C39H38. The largest absolute Gasteiger partial charge is 0.0952 e. The number of aryl methyl sites for hydroxylation is 3. The molecular weight excluding hydrogens is 468 g/mol. The smallest absolute Gasteiger partial charge is 0.0000531 e. The van der Waals surface area contributed by atoms with Crippen LogP contribution in [0.2, 0.25) is 0 Å². The lowest BCUT2D eigenvalue weighted by Gasteiger charge is -2.11. The molecule has 0 spiro atoms. The van der Waals surface area contributed by atoms with Crippen LogP contribution in [0.15, 0.2) is 135 Å². The second kappa shape index (κ2) is 12.6. The molecule has 0 nitrogen and oxygen atoms in total. The average Bonchev–Trinajstić information content (AvgIpc) is 3.44. The first kappa shape index (κ1) is 26.4. The van der Waals surface area contributed by atoms with E-state index in [0.29, 0.717) is 5.92 Å². The molecule has 1 aliphatic carbocycles. The maximum Gasteiger partial charge on any atom is -0.0000531 e. The van der Waals surface area contributed by atoms with Crippen LogP contribution >= 0.6 is 0 Å². The van der Waals surface area contributed by atoms with Gasteiger partial charge in [-0.15, -0.1) is 0 Å². The summed E-state index contributed by atoms with van der Waals surface area (Å²) in [4.78, 5) is 0. The zero-order valence-electron chi connectivity index (χ0n) is 23.1. The van der Waals surface area contributed by atoms with Gasteiger partial charge in [0.1, 0.15) is 0 Å². The Kier molecular flexibility index (Phi) is 8.54. The first-order chi connectivity index (χ1) is 19.0. The van der Waals surface area contributed by atoms with Gasteiger partial charge >= 0.3 is 0 Å². The van der Waals surface area contributed by atoms with E-state index in [4.69, 9.17) is 0 Å². The van der Waals surface area contributed by atoms with E-state index in [-0.39, 0.29) is 0 Å². The van der Waals surface area contributed by atoms with E-state index < -0.39 is 0 Å². The minimum absolute atomic E-state index is 0.472. The third-order valence-electron chi connectivity index (χ3n) is 7.75. The van der Waals surface area contributed by atoms with Gasteiger partial charge in [0, 0.05) is 0 Å². The second-order valence-corrected chi connectivity index (χ2v) is 10.8. The van der Waals surface area contributed by atoms with Gasteiger partial charge in [0.2, 0.25) is 0 Å². The molecule has 0 saturated carbocycles. The number of hydrogen-bond donors (Lipinski definition) is 0. The standard InChI is InChI=1S/C39H38/c1-29-12-16-32(17-13-29)18-14-30(2)37-10-7-11-38(28-37)31(3)15-19-33-20-23-36(24-21-33)39-25-22-35(27-39)26-34-8-5-4-6-9-34/h4-13,16-17,20-25,27-28,35H,2-3,14-15,18-19,26H2,1H3. The van der Waals surface area contributed by atoms with Crippen molar-refractivity contribution < 1.29 is 0 Å². The molecule has 4 aromatic rings. The van der Waals surface area contributed by atoms with Gasteiger partial charge in [-0.1, -0.05) is 134 Å². The molecule has 1 unspecified atom stereocenters. The third kappa shape index (κ3) is 7.24. The molecule has 0 heterocycles.